The first kappa shape index (κ1) is 35.7. The molecular formula is C39H28Cl2F4N4O5. The minimum Gasteiger partial charge on any atom is -0.505 e. The summed E-state index contributed by atoms with van der Waals surface area (Å²) in [5, 5.41) is 11.9. The zero-order valence-corrected chi connectivity index (χ0v) is 29.6. The summed E-state index contributed by atoms with van der Waals surface area (Å²) >= 11 is 12.6. The Morgan fingerprint density at radius 2 is 1.63 bits per heavy atom. The number of aromatic hydroxyl groups is 1. The SMILES string of the molecule is CN(c1nc(C(F)(F)F)ccc1Cl)N1C(=O)[C@H]2[C@H](CC=C3[C@H]2C[C@H]2C(=O)N(c4cccc(Cl)c4)C(=O)[C@@]2(c2ccccc2)[C@H]3c2ccc(O)c(F)c2)C1=O. The summed E-state index contributed by atoms with van der Waals surface area (Å²) in [6.45, 7) is 0. The molecule has 4 amide bonds. The molecule has 0 unspecified atom stereocenters. The molecule has 0 radical (unpaired) electrons. The highest BCUT2D eigenvalue weighted by Crippen LogP contribution is 2.64. The number of anilines is 2. The summed E-state index contributed by atoms with van der Waals surface area (Å²) in [5.74, 6) is -9.95. The standard InChI is InChI=1S/C39H28Cl2F4N4O5/c1-47(33-27(41)13-15-30(46-33)39(43,44)45)49-34(51)24-12-11-23-25(31(24)36(49)53)18-26-35(52)48(22-9-5-8-21(40)17-22)37(54)38(26,20-6-3-2-4-7-20)32(23)19-10-14-29(50)28(42)16-19/h2-11,13-17,24-26,31-32,50H,12,18H2,1H3/t24-,25+,26-,31-,32-,38+/m0/s1. The molecule has 276 valence electrons. The van der Waals surface area contributed by atoms with Crippen molar-refractivity contribution in [3.8, 4) is 5.75 Å². The van der Waals surface area contributed by atoms with Crippen molar-refractivity contribution in [2.45, 2.75) is 30.4 Å². The molecule has 4 aliphatic rings. The maximum atomic E-state index is 15.3. The van der Waals surface area contributed by atoms with Crippen LogP contribution in [0.5, 0.6) is 5.75 Å². The number of carbonyl (C=O) groups is 4. The monoisotopic (exact) mass is 778 g/mol. The largest absolute Gasteiger partial charge is 0.505 e. The van der Waals surface area contributed by atoms with E-state index in [9.17, 15) is 32.7 Å². The normalized spacial score (nSPS) is 26.4. The van der Waals surface area contributed by atoms with E-state index in [-0.39, 0.29) is 34.1 Å². The lowest BCUT2D eigenvalue weighted by atomic mass is 9.49. The molecule has 0 spiro atoms. The average molecular weight is 780 g/mol. The molecule has 4 aromatic rings. The van der Waals surface area contributed by atoms with Crippen LogP contribution in [0.2, 0.25) is 10.0 Å². The van der Waals surface area contributed by atoms with Crippen LogP contribution in [0.4, 0.5) is 29.1 Å². The van der Waals surface area contributed by atoms with E-state index in [1.54, 1.807) is 54.6 Å². The van der Waals surface area contributed by atoms with Gasteiger partial charge >= 0.3 is 6.18 Å². The fraction of sp³-hybridized carbons (Fsp3) is 0.256. The van der Waals surface area contributed by atoms with Gasteiger partial charge in [-0.25, -0.2) is 14.3 Å². The maximum absolute atomic E-state index is 15.3. The van der Waals surface area contributed by atoms with E-state index in [0.29, 0.717) is 17.2 Å². The van der Waals surface area contributed by atoms with Gasteiger partial charge in [0.05, 0.1) is 33.9 Å². The van der Waals surface area contributed by atoms with Crippen LogP contribution in [0.25, 0.3) is 0 Å². The van der Waals surface area contributed by atoms with Gasteiger partial charge in [0.25, 0.3) is 11.8 Å². The van der Waals surface area contributed by atoms with Crippen molar-refractivity contribution in [3.63, 3.8) is 0 Å². The minimum absolute atomic E-state index is 0.0120. The number of phenols is 1. The van der Waals surface area contributed by atoms with Crippen molar-refractivity contribution in [2.24, 2.45) is 23.7 Å². The van der Waals surface area contributed by atoms with Crippen LogP contribution < -0.4 is 9.91 Å². The number of imide groups is 2. The molecule has 54 heavy (non-hydrogen) atoms. The van der Waals surface area contributed by atoms with Gasteiger partial charge in [-0.3, -0.25) is 24.2 Å². The van der Waals surface area contributed by atoms with Crippen LogP contribution in [0.3, 0.4) is 0 Å². The number of phenolic OH excluding ortho intramolecular Hbond substituents is 1. The van der Waals surface area contributed by atoms with Gasteiger partial charge in [0.2, 0.25) is 11.8 Å². The Hall–Kier alpha value is -5.27. The second kappa shape index (κ2) is 12.7. The van der Waals surface area contributed by atoms with Gasteiger partial charge in [0, 0.05) is 18.0 Å². The molecule has 1 aromatic heterocycles. The molecule has 2 saturated heterocycles. The molecule has 0 bridgehead atoms. The first-order valence-electron chi connectivity index (χ1n) is 16.9. The van der Waals surface area contributed by atoms with Crippen molar-refractivity contribution in [3.05, 3.63) is 129 Å². The molecule has 1 saturated carbocycles. The summed E-state index contributed by atoms with van der Waals surface area (Å²) in [6.07, 6.45) is -3.19. The number of allylic oxidation sites excluding steroid dienone is 2. The number of halogens is 6. The Morgan fingerprint density at radius 3 is 2.31 bits per heavy atom. The molecule has 8 rings (SSSR count). The number of carbonyl (C=O) groups excluding carboxylic acids is 4. The quantitative estimate of drug-likeness (QED) is 0.127. The van der Waals surface area contributed by atoms with E-state index >= 15 is 9.18 Å². The number of nitrogens with zero attached hydrogens (tertiary/aromatic N) is 4. The predicted octanol–water partition coefficient (Wildman–Crippen LogP) is 7.47. The number of benzene rings is 3. The third-order valence-electron chi connectivity index (χ3n) is 11.2. The van der Waals surface area contributed by atoms with Crippen molar-refractivity contribution in [1.82, 2.24) is 9.99 Å². The molecule has 3 fully saturated rings. The van der Waals surface area contributed by atoms with Crippen molar-refractivity contribution >= 4 is 58.3 Å². The number of fused-ring (bicyclic) bond motifs is 4. The average Bonchev–Trinajstić information content (AvgIpc) is 3.53. The van der Waals surface area contributed by atoms with Crippen LogP contribution in [-0.2, 0) is 30.8 Å². The van der Waals surface area contributed by atoms with Crippen LogP contribution in [0.1, 0.15) is 35.6 Å². The maximum Gasteiger partial charge on any atom is 0.433 e. The number of rotatable bonds is 5. The number of hydrazine groups is 1. The van der Waals surface area contributed by atoms with E-state index in [1.165, 1.54) is 19.2 Å². The number of amides is 4. The molecule has 6 atom stereocenters. The Balaban J connectivity index is 1.30. The van der Waals surface area contributed by atoms with Gasteiger partial charge < -0.3 is 5.11 Å². The summed E-state index contributed by atoms with van der Waals surface area (Å²) in [5.41, 5.74) is -1.55. The van der Waals surface area contributed by atoms with E-state index in [4.69, 9.17) is 23.2 Å². The predicted molar refractivity (Wildman–Crippen MR) is 189 cm³/mol. The third-order valence-corrected chi connectivity index (χ3v) is 11.7. The summed E-state index contributed by atoms with van der Waals surface area (Å²) < 4.78 is 56.2. The fourth-order valence-electron chi connectivity index (χ4n) is 9.01. The number of alkyl halides is 3. The Labute approximate surface area is 315 Å². The van der Waals surface area contributed by atoms with Gasteiger partial charge in [-0.05, 0) is 72.4 Å². The number of hydrogen-bond donors (Lipinski definition) is 1. The lowest BCUT2D eigenvalue weighted by Crippen LogP contribution is -2.53. The summed E-state index contributed by atoms with van der Waals surface area (Å²) in [4.78, 5) is 63.3. The molecule has 2 aliphatic heterocycles. The summed E-state index contributed by atoms with van der Waals surface area (Å²) in [6, 6.07) is 20.2. The van der Waals surface area contributed by atoms with Gasteiger partial charge in [-0.2, -0.15) is 18.2 Å². The first-order chi connectivity index (χ1) is 25.7. The molecule has 15 heteroatoms. The van der Waals surface area contributed by atoms with E-state index < -0.39 is 87.9 Å². The lowest BCUT2D eigenvalue weighted by Gasteiger charge is -2.50. The highest BCUT2D eigenvalue weighted by molar-refractivity contribution is 6.33. The Kier molecular flexibility index (Phi) is 8.38. The zero-order chi connectivity index (χ0) is 38.4. The first-order valence-corrected chi connectivity index (χ1v) is 17.6. The highest BCUT2D eigenvalue weighted by Gasteiger charge is 2.70. The van der Waals surface area contributed by atoms with Crippen LogP contribution in [-0.4, -0.2) is 45.8 Å². The van der Waals surface area contributed by atoms with Crippen molar-refractivity contribution < 1.29 is 41.8 Å². The molecule has 3 heterocycles. The Bertz CT molecular complexity index is 2310. The second-order valence-electron chi connectivity index (χ2n) is 13.8. The van der Waals surface area contributed by atoms with Crippen LogP contribution in [0.15, 0.2) is 96.6 Å². The number of hydrogen-bond acceptors (Lipinski definition) is 7. The van der Waals surface area contributed by atoms with Crippen molar-refractivity contribution in [1.29, 1.82) is 0 Å². The van der Waals surface area contributed by atoms with Crippen LogP contribution in [0, 0.1) is 29.5 Å². The zero-order valence-electron chi connectivity index (χ0n) is 28.1. The number of pyridine rings is 1. The molecule has 2 aliphatic carbocycles. The van der Waals surface area contributed by atoms with Gasteiger partial charge in [0.15, 0.2) is 17.4 Å². The fourth-order valence-corrected chi connectivity index (χ4v) is 9.42. The molecule has 1 N–H and O–H groups in total. The Morgan fingerprint density at radius 1 is 0.889 bits per heavy atom. The molecule has 9 nitrogen and oxygen atoms in total. The van der Waals surface area contributed by atoms with E-state index in [2.05, 4.69) is 4.98 Å². The smallest absolute Gasteiger partial charge is 0.433 e. The van der Waals surface area contributed by atoms with Gasteiger partial charge in [0.1, 0.15) is 5.69 Å². The van der Waals surface area contributed by atoms with Crippen molar-refractivity contribution in [2.75, 3.05) is 17.0 Å². The summed E-state index contributed by atoms with van der Waals surface area (Å²) in [7, 11) is 1.21. The highest BCUT2D eigenvalue weighted by atomic mass is 35.5. The minimum atomic E-state index is -4.84. The second-order valence-corrected chi connectivity index (χ2v) is 14.7. The number of aromatic nitrogens is 1. The van der Waals surface area contributed by atoms with Gasteiger partial charge in [-0.1, -0.05) is 77.3 Å². The molecular weight excluding hydrogens is 751 g/mol. The third kappa shape index (κ3) is 5.15. The van der Waals surface area contributed by atoms with E-state index in [1.807, 2.05) is 0 Å². The van der Waals surface area contributed by atoms with Crippen LogP contribution >= 0.6 is 23.2 Å². The topological polar surface area (TPSA) is 111 Å². The lowest BCUT2D eigenvalue weighted by molar-refractivity contribution is -0.141. The van der Waals surface area contributed by atoms with Gasteiger partial charge in [-0.15, -0.1) is 0 Å². The van der Waals surface area contributed by atoms with E-state index in [0.717, 1.165) is 33.1 Å². The molecule has 3 aromatic carbocycles.